The van der Waals surface area contributed by atoms with Gasteiger partial charge in [0.05, 0.1) is 18.2 Å². The predicted molar refractivity (Wildman–Crippen MR) is 111 cm³/mol. The Morgan fingerprint density at radius 3 is 2.26 bits per heavy atom. The van der Waals surface area contributed by atoms with Crippen molar-refractivity contribution in [2.45, 2.75) is 40.3 Å². The number of rotatable bonds is 8. The molecule has 0 aliphatic heterocycles. The van der Waals surface area contributed by atoms with E-state index in [-0.39, 0.29) is 17.9 Å². The molecule has 0 aliphatic carbocycles. The van der Waals surface area contributed by atoms with E-state index in [1.165, 1.54) is 0 Å². The van der Waals surface area contributed by atoms with E-state index in [9.17, 15) is 4.79 Å². The van der Waals surface area contributed by atoms with E-state index in [0.29, 0.717) is 23.1 Å². The first-order valence-electron chi connectivity index (χ1n) is 8.98. The number of nitrogens with one attached hydrogen (secondary N) is 2. The van der Waals surface area contributed by atoms with Crippen LogP contribution in [0.4, 0.5) is 11.4 Å². The summed E-state index contributed by atoms with van der Waals surface area (Å²) < 4.78 is 11.1. The van der Waals surface area contributed by atoms with E-state index in [1.54, 1.807) is 7.11 Å². The monoisotopic (exact) mass is 390 g/mol. The largest absolute Gasteiger partial charge is 0.493 e. The second-order valence-electron chi connectivity index (χ2n) is 6.85. The Bertz CT molecular complexity index is 774. The Hall–Kier alpha value is -2.40. The summed E-state index contributed by atoms with van der Waals surface area (Å²) >= 11 is 6.36. The fourth-order valence-electron chi connectivity index (χ4n) is 2.39. The van der Waals surface area contributed by atoms with Crippen molar-refractivity contribution in [3.05, 3.63) is 47.0 Å². The number of hydrogen-bond donors (Lipinski definition) is 2. The average molecular weight is 391 g/mol. The summed E-state index contributed by atoms with van der Waals surface area (Å²) in [5, 5.41) is 6.73. The van der Waals surface area contributed by atoms with E-state index in [0.717, 1.165) is 16.9 Å². The molecule has 0 unspecified atom stereocenters. The van der Waals surface area contributed by atoms with Gasteiger partial charge in [-0.05, 0) is 55.8 Å². The standard InChI is InChI=1S/C21H27ClN2O3/c1-13(2)21(25)24-17-8-6-16(7-9-17)23-12-15-10-18(22)20(27-14(3)4)19(11-15)26-5/h6-11,13-14,23H,12H2,1-5H3,(H,24,25). The van der Waals surface area contributed by atoms with Crippen LogP contribution in [0.3, 0.4) is 0 Å². The topological polar surface area (TPSA) is 59.6 Å². The second kappa shape index (κ2) is 9.51. The van der Waals surface area contributed by atoms with E-state index in [4.69, 9.17) is 21.1 Å². The normalized spacial score (nSPS) is 10.8. The lowest BCUT2D eigenvalue weighted by Crippen LogP contribution is -2.17. The summed E-state index contributed by atoms with van der Waals surface area (Å²) in [5.41, 5.74) is 2.69. The second-order valence-corrected chi connectivity index (χ2v) is 7.26. The van der Waals surface area contributed by atoms with Gasteiger partial charge in [-0.1, -0.05) is 25.4 Å². The van der Waals surface area contributed by atoms with Gasteiger partial charge in [-0.15, -0.1) is 0 Å². The van der Waals surface area contributed by atoms with E-state index < -0.39 is 0 Å². The first kappa shape index (κ1) is 20.9. The Labute approximate surface area is 166 Å². The average Bonchev–Trinajstić information content (AvgIpc) is 2.62. The zero-order valence-electron chi connectivity index (χ0n) is 16.4. The van der Waals surface area contributed by atoms with Gasteiger partial charge in [0.1, 0.15) is 0 Å². The molecular formula is C21H27ClN2O3. The third kappa shape index (κ3) is 6.07. The van der Waals surface area contributed by atoms with E-state index in [1.807, 2.05) is 64.1 Å². The third-order valence-electron chi connectivity index (χ3n) is 3.82. The molecule has 0 bridgehead atoms. The minimum absolute atomic E-state index is 0.00107. The number of carbonyl (C=O) groups is 1. The summed E-state index contributed by atoms with van der Waals surface area (Å²) in [6.07, 6.45) is 0.00933. The maximum atomic E-state index is 11.7. The summed E-state index contributed by atoms with van der Waals surface area (Å²) in [7, 11) is 1.60. The molecule has 146 valence electrons. The molecule has 5 nitrogen and oxygen atoms in total. The van der Waals surface area contributed by atoms with Crippen molar-refractivity contribution < 1.29 is 14.3 Å². The van der Waals surface area contributed by atoms with Crippen LogP contribution < -0.4 is 20.1 Å². The van der Waals surface area contributed by atoms with Crippen LogP contribution in [0, 0.1) is 5.92 Å². The highest BCUT2D eigenvalue weighted by Gasteiger charge is 2.13. The Morgan fingerprint density at radius 1 is 1.07 bits per heavy atom. The summed E-state index contributed by atoms with van der Waals surface area (Å²) in [6, 6.07) is 11.4. The van der Waals surface area contributed by atoms with Crippen LogP contribution >= 0.6 is 11.6 Å². The summed E-state index contributed by atoms with van der Waals surface area (Å²) in [6.45, 7) is 8.19. The van der Waals surface area contributed by atoms with Gasteiger partial charge >= 0.3 is 0 Å². The molecule has 0 fully saturated rings. The van der Waals surface area contributed by atoms with Gasteiger partial charge < -0.3 is 20.1 Å². The molecule has 2 aromatic carbocycles. The molecule has 2 N–H and O–H groups in total. The van der Waals surface area contributed by atoms with Crippen molar-refractivity contribution >= 4 is 28.9 Å². The molecule has 0 radical (unpaired) electrons. The number of ether oxygens (including phenoxy) is 2. The Morgan fingerprint density at radius 2 is 1.70 bits per heavy atom. The number of carbonyl (C=O) groups excluding carboxylic acids is 1. The SMILES string of the molecule is COc1cc(CNc2ccc(NC(=O)C(C)C)cc2)cc(Cl)c1OC(C)C. The molecule has 0 saturated heterocycles. The molecule has 0 aliphatic rings. The van der Waals surface area contributed by atoms with Crippen LogP contribution in [0.25, 0.3) is 0 Å². The maximum Gasteiger partial charge on any atom is 0.226 e. The molecule has 0 saturated carbocycles. The van der Waals surface area contributed by atoms with Crippen LogP contribution in [0.2, 0.25) is 5.02 Å². The Balaban J connectivity index is 2.04. The zero-order valence-corrected chi connectivity index (χ0v) is 17.2. The van der Waals surface area contributed by atoms with Crippen LogP contribution in [0.15, 0.2) is 36.4 Å². The van der Waals surface area contributed by atoms with Crippen molar-refractivity contribution in [1.29, 1.82) is 0 Å². The minimum Gasteiger partial charge on any atom is -0.493 e. The van der Waals surface area contributed by atoms with Crippen LogP contribution in [0.1, 0.15) is 33.3 Å². The first-order valence-corrected chi connectivity index (χ1v) is 9.35. The van der Waals surface area contributed by atoms with Gasteiger partial charge in [0.2, 0.25) is 5.91 Å². The summed E-state index contributed by atoms with van der Waals surface area (Å²) in [5.74, 6) is 1.12. The van der Waals surface area contributed by atoms with Crippen molar-refractivity contribution in [2.75, 3.05) is 17.7 Å². The Kier molecular flexibility index (Phi) is 7.36. The third-order valence-corrected chi connectivity index (χ3v) is 4.10. The molecule has 0 spiro atoms. The molecule has 2 aromatic rings. The fourth-order valence-corrected chi connectivity index (χ4v) is 2.67. The van der Waals surface area contributed by atoms with Gasteiger partial charge in [0, 0.05) is 23.8 Å². The molecule has 1 amide bonds. The predicted octanol–water partition coefficient (Wildman–Crippen LogP) is 5.34. The number of halogens is 1. The number of anilines is 2. The molecule has 6 heteroatoms. The van der Waals surface area contributed by atoms with Crippen LogP contribution in [-0.4, -0.2) is 19.1 Å². The van der Waals surface area contributed by atoms with E-state index in [2.05, 4.69) is 10.6 Å². The lowest BCUT2D eigenvalue weighted by molar-refractivity contribution is -0.118. The van der Waals surface area contributed by atoms with Crippen molar-refractivity contribution in [3.63, 3.8) is 0 Å². The molecule has 0 atom stereocenters. The lowest BCUT2D eigenvalue weighted by Gasteiger charge is -2.17. The highest BCUT2D eigenvalue weighted by atomic mass is 35.5. The van der Waals surface area contributed by atoms with Crippen LogP contribution in [0.5, 0.6) is 11.5 Å². The summed E-state index contributed by atoms with van der Waals surface area (Å²) in [4.78, 5) is 11.7. The number of hydrogen-bond acceptors (Lipinski definition) is 4. The molecule has 27 heavy (non-hydrogen) atoms. The minimum atomic E-state index is -0.0508. The smallest absolute Gasteiger partial charge is 0.226 e. The fraction of sp³-hybridized carbons (Fsp3) is 0.381. The van der Waals surface area contributed by atoms with Crippen LogP contribution in [-0.2, 0) is 11.3 Å². The highest BCUT2D eigenvalue weighted by molar-refractivity contribution is 6.32. The molecule has 2 rings (SSSR count). The van der Waals surface area contributed by atoms with Crippen molar-refractivity contribution in [2.24, 2.45) is 5.92 Å². The molecular weight excluding hydrogens is 364 g/mol. The maximum absolute atomic E-state index is 11.7. The first-order chi connectivity index (χ1) is 12.8. The molecule has 0 aromatic heterocycles. The quantitative estimate of drug-likeness (QED) is 0.638. The van der Waals surface area contributed by atoms with Gasteiger partial charge in [-0.3, -0.25) is 4.79 Å². The number of methoxy groups -OCH3 is 1. The van der Waals surface area contributed by atoms with Gasteiger partial charge in [0.25, 0.3) is 0 Å². The number of benzene rings is 2. The van der Waals surface area contributed by atoms with Gasteiger partial charge in [-0.25, -0.2) is 0 Å². The highest BCUT2D eigenvalue weighted by Crippen LogP contribution is 2.37. The number of amides is 1. The van der Waals surface area contributed by atoms with Gasteiger partial charge in [-0.2, -0.15) is 0 Å². The van der Waals surface area contributed by atoms with Crippen molar-refractivity contribution in [3.8, 4) is 11.5 Å². The lowest BCUT2D eigenvalue weighted by atomic mass is 10.1. The molecule has 0 heterocycles. The van der Waals surface area contributed by atoms with Gasteiger partial charge in [0.15, 0.2) is 11.5 Å². The zero-order chi connectivity index (χ0) is 20.0. The van der Waals surface area contributed by atoms with Crippen molar-refractivity contribution in [1.82, 2.24) is 0 Å². The van der Waals surface area contributed by atoms with E-state index >= 15 is 0 Å².